The van der Waals surface area contributed by atoms with Crippen molar-refractivity contribution in [3.63, 3.8) is 0 Å². The number of carbonyl (C=O) groups excluding carboxylic acids is 1. The molecule has 7 heteroatoms. The van der Waals surface area contributed by atoms with Gasteiger partial charge in [-0.15, -0.1) is 0 Å². The van der Waals surface area contributed by atoms with E-state index in [1.807, 2.05) is 12.1 Å². The molecule has 1 aromatic carbocycles. The van der Waals surface area contributed by atoms with Crippen LogP contribution in [0.1, 0.15) is 22.5 Å². The van der Waals surface area contributed by atoms with E-state index in [2.05, 4.69) is 53.7 Å². The monoisotopic (exact) mass is 427 g/mol. The molecule has 1 amide bonds. The summed E-state index contributed by atoms with van der Waals surface area (Å²) in [5.74, 6) is -0.0268. The molecule has 0 N–H and O–H groups in total. The number of nitrogens with zero attached hydrogens (tertiary/aromatic N) is 3. The summed E-state index contributed by atoms with van der Waals surface area (Å²) >= 11 is 1.42. The maximum Gasteiger partial charge on any atom is 0.266 e. The first-order valence-electron chi connectivity index (χ1n) is 9.99. The van der Waals surface area contributed by atoms with Crippen molar-refractivity contribution in [2.45, 2.75) is 20.4 Å². The number of ether oxygens (including phenoxy) is 2. The summed E-state index contributed by atoms with van der Waals surface area (Å²) in [5, 5.41) is 0.707. The van der Waals surface area contributed by atoms with Crippen molar-refractivity contribution in [3.05, 3.63) is 63.8 Å². The lowest BCUT2D eigenvalue weighted by Gasteiger charge is -2.14. The Morgan fingerprint density at radius 2 is 1.83 bits per heavy atom. The molecule has 2 heterocycles. The van der Waals surface area contributed by atoms with Gasteiger partial charge in [0.25, 0.3) is 5.91 Å². The Hall–Kier alpha value is -2.35. The fourth-order valence-corrected chi connectivity index (χ4v) is 4.38. The third-order valence-electron chi connectivity index (χ3n) is 5.03. The third kappa shape index (κ3) is 5.22. The number of hydrogen-bond acceptors (Lipinski definition) is 5. The van der Waals surface area contributed by atoms with Crippen molar-refractivity contribution in [3.8, 4) is 0 Å². The van der Waals surface area contributed by atoms with E-state index in [4.69, 9.17) is 9.47 Å². The van der Waals surface area contributed by atoms with Crippen molar-refractivity contribution >= 4 is 28.9 Å². The quantitative estimate of drug-likeness (QED) is 0.452. The Morgan fingerprint density at radius 3 is 2.53 bits per heavy atom. The van der Waals surface area contributed by atoms with Gasteiger partial charge in [-0.1, -0.05) is 30.3 Å². The highest BCUT2D eigenvalue weighted by atomic mass is 32.2. The van der Waals surface area contributed by atoms with Crippen molar-refractivity contribution in [1.82, 2.24) is 9.47 Å². The van der Waals surface area contributed by atoms with Crippen molar-refractivity contribution < 1.29 is 14.3 Å². The Kier molecular flexibility index (Phi) is 7.90. The number of aryl methyl sites for hydroxylation is 1. The highest BCUT2D eigenvalue weighted by molar-refractivity contribution is 8.18. The van der Waals surface area contributed by atoms with Gasteiger partial charge in [0.2, 0.25) is 0 Å². The van der Waals surface area contributed by atoms with E-state index in [-0.39, 0.29) is 5.91 Å². The van der Waals surface area contributed by atoms with Crippen LogP contribution in [0.25, 0.3) is 6.08 Å². The number of amidine groups is 1. The third-order valence-corrected chi connectivity index (χ3v) is 6.08. The number of rotatable bonds is 9. The Morgan fingerprint density at radius 1 is 1.10 bits per heavy atom. The van der Waals surface area contributed by atoms with E-state index in [9.17, 15) is 4.79 Å². The number of hydrogen-bond donors (Lipinski definition) is 0. The van der Waals surface area contributed by atoms with Gasteiger partial charge in [0.1, 0.15) is 0 Å². The number of aromatic nitrogens is 1. The van der Waals surface area contributed by atoms with Crippen LogP contribution in [0.15, 0.2) is 46.3 Å². The van der Waals surface area contributed by atoms with Gasteiger partial charge in [0.15, 0.2) is 5.17 Å². The number of thioether (sulfide) groups is 1. The zero-order chi connectivity index (χ0) is 21.5. The number of aliphatic imine (C=N–C) groups is 1. The van der Waals surface area contributed by atoms with Crippen LogP contribution in [-0.2, 0) is 20.8 Å². The van der Waals surface area contributed by atoms with Gasteiger partial charge in [-0.05, 0) is 48.9 Å². The number of amides is 1. The average molecular weight is 428 g/mol. The van der Waals surface area contributed by atoms with Crippen LogP contribution in [0, 0.1) is 13.8 Å². The molecule has 1 aliphatic heterocycles. The number of carbonyl (C=O) groups is 1. The summed E-state index contributed by atoms with van der Waals surface area (Å²) in [4.78, 5) is 19.9. The predicted molar refractivity (Wildman–Crippen MR) is 123 cm³/mol. The lowest BCUT2D eigenvalue weighted by atomic mass is 10.2. The largest absolute Gasteiger partial charge is 0.383 e. The van der Waals surface area contributed by atoms with Gasteiger partial charge < -0.3 is 14.0 Å². The highest BCUT2D eigenvalue weighted by Gasteiger charge is 2.33. The van der Waals surface area contributed by atoms with E-state index >= 15 is 0 Å². The molecule has 3 rings (SSSR count). The zero-order valence-corrected chi connectivity index (χ0v) is 18.9. The molecule has 1 aliphatic rings. The predicted octanol–water partition coefficient (Wildman–Crippen LogP) is 3.72. The summed E-state index contributed by atoms with van der Waals surface area (Å²) in [7, 11) is 3.28. The molecule has 0 bridgehead atoms. The minimum atomic E-state index is -0.0268. The maximum absolute atomic E-state index is 13.0. The second-order valence-electron chi connectivity index (χ2n) is 7.12. The van der Waals surface area contributed by atoms with E-state index < -0.39 is 0 Å². The molecule has 0 atom stereocenters. The van der Waals surface area contributed by atoms with Crippen LogP contribution >= 0.6 is 11.8 Å². The topological polar surface area (TPSA) is 56.1 Å². The molecule has 1 saturated heterocycles. The van der Waals surface area contributed by atoms with Crippen LogP contribution in [0.5, 0.6) is 0 Å². The fourth-order valence-electron chi connectivity index (χ4n) is 3.36. The van der Waals surface area contributed by atoms with Gasteiger partial charge in [-0.3, -0.25) is 14.7 Å². The molecule has 0 radical (unpaired) electrons. The standard InChI is InChI=1S/C23H29N3O3S/c1-17-14-20(18(2)26(17)16-19-8-6-5-7-9-19)15-21-22(27)25(11-13-29-4)23(30-21)24-10-12-28-3/h5-9,14-15H,10-13,16H2,1-4H3/b21-15-,24-23?. The first kappa shape index (κ1) is 22.3. The number of benzene rings is 1. The molecular weight excluding hydrogens is 398 g/mol. The molecule has 30 heavy (non-hydrogen) atoms. The first-order chi connectivity index (χ1) is 14.5. The lowest BCUT2D eigenvalue weighted by Crippen LogP contribution is -2.32. The summed E-state index contributed by atoms with van der Waals surface area (Å²) < 4.78 is 12.5. The molecule has 1 aromatic heterocycles. The summed E-state index contributed by atoms with van der Waals surface area (Å²) in [6.07, 6.45) is 1.98. The fraction of sp³-hybridized carbons (Fsp3) is 0.391. The van der Waals surface area contributed by atoms with Crippen LogP contribution < -0.4 is 0 Å². The van der Waals surface area contributed by atoms with Gasteiger partial charge in [-0.2, -0.15) is 0 Å². The summed E-state index contributed by atoms with van der Waals surface area (Å²) in [6, 6.07) is 12.5. The van der Waals surface area contributed by atoms with Crippen molar-refractivity contribution in [2.24, 2.45) is 4.99 Å². The summed E-state index contributed by atoms with van der Waals surface area (Å²) in [5.41, 5.74) is 4.63. The van der Waals surface area contributed by atoms with Crippen LogP contribution in [0.3, 0.4) is 0 Å². The van der Waals surface area contributed by atoms with Crippen LogP contribution in [0.4, 0.5) is 0 Å². The molecule has 0 unspecified atom stereocenters. The molecule has 0 saturated carbocycles. The molecular formula is C23H29N3O3S. The van der Waals surface area contributed by atoms with Crippen molar-refractivity contribution in [2.75, 3.05) is 40.5 Å². The minimum Gasteiger partial charge on any atom is -0.383 e. The SMILES string of the molecule is COCCN=C1S/C(=C\c2cc(C)n(Cc3ccccc3)c2C)C(=O)N1CCOC. The van der Waals surface area contributed by atoms with E-state index in [0.29, 0.717) is 36.4 Å². The Bertz CT molecular complexity index is 935. The van der Waals surface area contributed by atoms with Gasteiger partial charge in [-0.25, -0.2) is 0 Å². The Labute approximate surface area is 182 Å². The van der Waals surface area contributed by atoms with Crippen LogP contribution in [0.2, 0.25) is 0 Å². The van der Waals surface area contributed by atoms with Gasteiger partial charge >= 0.3 is 0 Å². The van der Waals surface area contributed by atoms with E-state index in [1.165, 1.54) is 23.0 Å². The van der Waals surface area contributed by atoms with Gasteiger partial charge in [0, 0.05) is 32.2 Å². The van der Waals surface area contributed by atoms with Crippen LogP contribution in [-0.4, -0.2) is 61.1 Å². The summed E-state index contributed by atoms with van der Waals surface area (Å²) in [6.45, 7) is 7.01. The van der Waals surface area contributed by atoms with Crippen molar-refractivity contribution in [1.29, 1.82) is 0 Å². The average Bonchev–Trinajstić information content (AvgIpc) is 3.18. The first-order valence-corrected chi connectivity index (χ1v) is 10.8. The minimum absolute atomic E-state index is 0.0268. The molecule has 0 spiro atoms. The second kappa shape index (κ2) is 10.6. The normalized spacial score (nSPS) is 16.9. The van der Waals surface area contributed by atoms with E-state index in [0.717, 1.165) is 17.8 Å². The molecule has 0 aliphatic carbocycles. The molecule has 160 valence electrons. The smallest absolute Gasteiger partial charge is 0.266 e. The second-order valence-corrected chi connectivity index (χ2v) is 8.12. The maximum atomic E-state index is 13.0. The molecule has 1 fully saturated rings. The van der Waals surface area contributed by atoms with E-state index in [1.54, 1.807) is 19.1 Å². The number of methoxy groups -OCH3 is 2. The lowest BCUT2D eigenvalue weighted by molar-refractivity contribution is -0.122. The zero-order valence-electron chi connectivity index (χ0n) is 18.1. The highest BCUT2D eigenvalue weighted by Crippen LogP contribution is 2.33. The Balaban J connectivity index is 1.85. The molecule has 6 nitrogen and oxygen atoms in total. The van der Waals surface area contributed by atoms with Gasteiger partial charge in [0.05, 0.1) is 31.2 Å². The molecule has 2 aromatic rings.